The summed E-state index contributed by atoms with van der Waals surface area (Å²) in [6, 6.07) is 6.00. The number of nitrogens with one attached hydrogen (secondary N) is 1. The number of rotatable bonds is 6. The molecule has 100 valence electrons. The highest BCUT2D eigenvalue weighted by atomic mass is 16.6. The lowest BCUT2D eigenvalue weighted by atomic mass is 10.1. The SMILES string of the molecule is CCOC(C)CNCc1cccc2c1OCCO2. The number of hydrogen-bond acceptors (Lipinski definition) is 4. The molecule has 0 amide bonds. The van der Waals surface area contributed by atoms with Gasteiger partial charge in [-0.1, -0.05) is 12.1 Å². The van der Waals surface area contributed by atoms with E-state index in [0.717, 1.165) is 36.8 Å². The summed E-state index contributed by atoms with van der Waals surface area (Å²) in [4.78, 5) is 0. The van der Waals surface area contributed by atoms with E-state index in [-0.39, 0.29) is 6.10 Å². The highest BCUT2D eigenvalue weighted by Crippen LogP contribution is 2.33. The van der Waals surface area contributed by atoms with Crippen LogP contribution in [-0.2, 0) is 11.3 Å². The van der Waals surface area contributed by atoms with Crippen LogP contribution in [0.15, 0.2) is 18.2 Å². The minimum atomic E-state index is 0.228. The van der Waals surface area contributed by atoms with Gasteiger partial charge in [0.1, 0.15) is 13.2 Å². The molecule has 4 heteroatoms. The van der Waals surface area contributed by atoms with Crippen molar-refractivity contribution in [2.24, 2.45) is 0 Å². The second-order valence-electron chi connectivity index (χ2n) is 4.34. The fourth-order valence-electron chi connectivity index (χ4n) is 2.03. The maximum atomic E-state index is 5.66. The molecule has 4 nitrogen and oxygen atoms in total. The van der Waals surface area contributed by atoms with Crippen molar-refractivity contribution >= 4 is 0 Å². The molecule has 1 aliphatic rings. The fourth-order valence-corrected chi connectivity index (χ4v) is 2.03. The maximum Gasteiger partial charge on any atom is 0.165 e. The van der Waals surface area contributed by atoms with Crippen molar-refractivity contribution in [1.29, 1.82) is 0 Å². The number of ether oxygens (including phenoxy) is 3. The standard InChI is InChI=1S/C14H21NO3/c1-3-16-11(2)9-15-10-12-5-4-6-13-14(12)18-8-7-17-13/h4-6,11,15H,3,7-10H2,1-2H3. The van der Waals surface area contributed by atoms with Gasteiger partial charge in [-0.15, -0.1) is 0 Å². The lowest BCUT2D eigenvalue weighted by Gasteiger charge is -2.21. The Bertz CT molecular complexity index is 381. The first kappa shape index (κ1) is 13.2. The van der Waals surface area contributed by atoms with E-state index in [1.807, 2.05) is 19.1 Å². The molecule has 1 N–H and O–H groups in total. The van der Waals surface area contributed by atoms with Crippen LogP contribution in [-0.4, -0.2) is 32.5 Å². The van der Waals surface area contributed by atoms with Crippen molar-refractivity contribution in [2.75, 3.05) is 26.4 Å². The normalized spacial score (nSPS) is 15.4. The molecule has 0 bridgehead atoms. The zero-order valence-corrected chi connectivity index (χ0v) is 11.1. The average molecular weight is 251 g/mol. The molecule has 1 aromatic carbocycles. The van der Waals surface area contributed by atoms with Gasteiger partial charge in [0, 0.05) is 25.3 Å². The number of hydrogen-bond donors (Lipinski definition) is 1. The second kappa shape index (κ2) is 6.61. The van der Waals surface area contributed by atoms with Crippen LogP contribution in [0.5, 0.6) is 11.5 Å². The predicted molar refractivity (Wildman–Crippen MR) is 70.2 cm³/mol. The molecule has 1 aliphatic heterocycles. The first-order chi connectivity index (χ1) is 8.81. The van der Waals surface area contributed by atoms with Crippen LogP contribution in [0.25, 0.3) is 0 Å². The topological polar surface area (TPSA) is 39.7 Å². The summed E-state index contributed by atoms with van der Waals surface area (Å²) in [6.07, 6.45) is 0.228. The van der Waals surface area contributed by atoms with Gasteiger partial charge < -0.3 is 19.5 Å². The summed E-state index contributed by atoms with van der Waals surface area (Å²) in [5, 5.41) is 3.38. The van der Waals surface area contributed by atoms with Gasteiger partial charge in [0.05, 0.1) is 6.10 Å². The highest BCUT2D eigenvalue weighted by molar-refractivity contribution is 5.47. The van der Waals surface area contributed by atoms with Gasteiger partial charge in [-0.25, -0.2) is 0 Å². The molecule has 0 spiro atoms. The minimum absolute atomic E-state index is 0.228. The Hall–Kier alpha value is -1.26. The lowest BCUT2D eigenvalue weighted by Crippen LogP contribution is -2.27. The van der Waals surface area contributed by atoms with Gasteiger partial charge in [0.15, 0.2) is 11.5 Å². The van der Waals surface area contributed by atoms with Crippen LogP contribution in [0, 0.1) is 0 Å². The molecule has 1 atom stereocenters. The highest BCUT2D eigenvalue weighted by Gasteiger charge is 2.15. The third kappa shape index (κ3) is 3.37. The second-order valence-corrected chi connectivity index (χ2v) is 4.34. The van der Waals surface area contributed by atoms with Crippen LogP contribution in [0.2, 0.25) is 0 Å². The minimum Gasteiger partial charge on any atom is -0.486 e. The molecule has 1 unspecified atom stereocenters. The van der Waals surface area contributed by atoms with E-state index in [2.05, 4.69) is 18.3 Å². The molecule has 0 aromatic heterocycles. The Balaban J connectivity index is 1.89. The van der Waals surface area contributed by atoms with E-state index in [1.54, 1.807) is 0 Å². The molecule has 0 aliphatic carbocycles. The monoisotopic (exact) mass is 251 g/mol. The third-order valence-corrected chi connectivity index (χ3v) is 2.85. The molecule has 0 saturated heterocycles. The predicted octanol–water partition coefficient (Wildman–Crippen LogP) is 1.97. The van der Waals surface area contributed by atoms with E-state index in [0.29, 0.717) is 13.2 Å². The molecule has 2 rings (SSSR count). The Morgan fingerprint density at radius 1 is 1.33 bits per heavy atom. The molecule has 0 saturated carbocycles. The van der Waals surface area contributed by atoms with Crippen molar-refractivity contribution in [3.8, 4) is 11.5 Å². The number of fused-ring (bicyclic) bond motifs is 1. The van der Waals surface area contributed by atoms with E-state index in [4.69, 9.17) is 14.2 Å². The van der Waals surface area contributed by atoms with Crippen molar-refractivity contribution in [3.05, 3.63) is 23.8 Å². The van der Waals surface area contributed by atoms with Crippen molar-refractivity contribution < 1.29 is 14.2 Å². The van der Waals surface area contributed by atoms with E-state index in [9.17, 15) is 0 Å². The molecule has 18 heavy (non-hydrogen) atoms. The van der Waals surface area contributed by atoms with Crippen LogP contribution in [0.3, 0.4) is 0 Å². The lowest BCUT2D eigenvalue weighted by molar-refractivity contribution is 0.0758. The van der Waals surface area contributed by atoms with Gasteiger partial charge in [-0.3, -0.25) is 0 Å². The Labute approximate surface area is 108 Å². The Morgan fingerprint density at radius 2 is 2.17 bits per heavy atom. The quantitative estimate of drug-likeness (QED) is 0.839. The Kier molecular flexibility index (Phi) is 4.84. The van der Waals surface area contributed by atoms with Crippen molar-refractivity contribution in [2.45, 2.75) is 26.5 Å². The third-order valence-electron chi connectivity index (χ3n) is 2.85. The summed E-state index contributed by atoms with van der Waals surface area (Å²) in [5.41, 5.74) is 1.14. The van der Waals surface area contributed by atoms with E-state index < -0.39 is 0 Å². The summed E-state index contributed by atoms with van der Waals surface area (Å²) >= 11 is 0. The van der Waals surface area contributed by atoms with Crippen molar-refractivity contribution in [3.63, 3.8) is 0 Å². The van der Waals surface area contributed by atoms with Gasteiger partial charge >= 0.3 is 0 Å². The number of para-hydroxylation sites is 1. The number of benzene rings is 1. The summed E-state index contributed by atoms with van der Waals surface area (Å²) in [7, 11) is 0. The molecule has 1 aromatic rings. The van der Waals surface area contributed by atoms with Gasteiger partial charge in [0.2, 0.25) is 0 Å². The van der Waals surface area contributed by atoms with Crippen LogP contribution >= 0.6 is 0 Å². The van der Waals surface area contributed by atoms with E-state index in [1.165, 1.54) is 0 Å². The van der Waals surface area contributed by atoms with E-state index >= 15 is 0 Å². The molecular formula is C14H21NO3. The van der Waals surface area contributed by atoms with Gasteiger partial charge in [-0.2, -0.15) is 0 Å². The zero-order chi connectivity index (χ0) is 12.8. The largest absolute Gasteiger partial charge is 0.486 e. The van der Waals surface area contributed by atoms with Crippen LogP contribution in [0.1, 0.15) is 19.4 Å². The molecule has 0 radical (unpaired) electrons. The zero-order valence-electron chi connectivity index (χ0n) is 11.1. The summed E-state index contributed by atoms with van der Waals surface area (Å²) in [5.74, 6) is 1.72. The fraction of sp³-hybridized carbons (Fsp3) is 0.571. The van der Waals surface area contributed by atoms with Gasteiger partial charge in [0.25, 0.3) is 0 Å². The molecular weight excluding hydrogens is 230 g/mol. The average Bonchev–Trinajstić information content (AvgIpc) is 2.39. The van der Waals surface area contributed by atoms with Crippen LogP contribution in [0.4, 0.5) is 0 Å². The van der Waals surface area contributed by atoms with Gasteiger partial charge in [-0.05, 0) is 19.9 Å². The summed E-state index contributed by atoms with van der Waals surface area (Å²) < 4.78 is 16.7. The first-order valence-electron chi connectivity index (χ1n) is 6.51. The summed E-state index contributed by atoms with van der Waals surface area (Å²) in [6.45, 7) is 7.68. The first-order valence-corrected chi connectivity index (χ1v) is 6.51. The smallest absolute Gasteiger partial charge is 0.165 e. The maximum absolute atomic E-state index is 5.66. The van der Waals surface area contributed by atoms with Crippen molar-refractivity contribution in [1.82, 2.24) is 5.32 Å². The molecule has 1 heterocycles. The van der Waals surface area contributed by atoms with Crippen LogP contribution < -0.4 is 14.8 Å². The molecule has 0 fully saturated rings. The Morgan fingerprint density at radius 3 is 3.00 bits per heavy atom.